The fourth-order valence-electron chi connectivity index (χ4n) is 2.04. The van der Waals surface area contributed by atoms with Gasteiger partial charge in [-0.15, -0.1) is 11.3 Å². The summed E-state index contributed by atoms with van der Waals surface area (Å²) in [6.45, 7) is 12.6. The van der Waals surface area contributed by atoms with Crippen molar-refractivity contribution in [2.24, 2.45) is 0 Å². The maximum absolute atomic E-state index is 6.30. The topological polar surface area (TPSA) is 38.7 Å². The minimum absolute atomic E-state index is 0.0413. The molecule has 0 amide bonds. The maximum Gasteiger partial charge on any atom is 0.180 e. The Morgan fingerprint density at radius 1 is 1.15 bits per heavy atom. The van der Waals surface area contributed by atoms with Crippen molar-refractivity contribution < 1.29 is 0 Å². The van der Waals surface area contributed by atoms with Crippen molar-refractivity contribution >= 4 is 22.9 Å². The number of aromatic nitrogens is 3. The molecule has 0 atom stereocenters. The summed E-state index contributed by atoms with van der Waals surface area (Å²) in [5.41, 5.74) is 2.79. The third-order valence-electron chi connectivity index (χ3n) is 3.04. The van der Waals surface area contributed by atoms with Gasteiger partial charge in [0.25, 0.3) is 0 Å². The SMILES string of the molecule is Cc1nc(-c2csc(C(C)(C)C)n2)nc(Cl)c1C(C)C. The molecule has 0 fully saturated rings. The molecule has 0 unspecified atom stereocenters. The molecule has 5 heteroatoms. The second kappa shape index (κ2) is 5.41. The van der Waals surface area contributed by atoms with Crippen LogP contribution in [0.1, 0.15) is 56.8 Å². The molecule has 0 aliphatic rings. The van der Waals surface area contributed by atoms with E-state index < -0.39 is 0 Å². The van der Waals surface area contributed by atoms with E-state index in [2.05, 4.69) is 49.6 Å². The van der Waals surface area contributed by atoms with Crippen LogP contribution in [0.3, 0.4) is 0 Å². The normalized spacial score (nSPS) is 12.2. The van der Waals surface area contributed by atoms with Gasteiger partial charge in [0, 0.05) is 22.1 Å². The first-order valence-corrected chi connectivity index (χ1v) is 7.96. The molecular weight excluding hydrogens is 290 g/mol. The highest BCUT2D eigenvalue weighted by molar-refractivity contribution is 7.10. The van der Waals surface area contributed by atoms with E-state index in [9.17, 15) is 0 Å². The largest absolute Gasteiger partial charge is 0.237 e. The quantitative estimate of drug-likeness (QED) is 0.734. The van der Waals surface area contributed by atoms with Gasteiger partial charge in [-0.25, -0.2) is 15.0 Å². The Hall–Kier alpha value is -1.00. The lowest BCUT2D eigenvalue weighted by molar-refractivity contribution is 0.586. The molecule has 108 valence electrons. The molecular formula is C15H20ClN3S. The lowest BCUT2D eigenvalue weighted by Gasteiger charge is -2.13. The van der Waals surface area contributed by atoms with E-state index in [1.807, 2.05) is 12.3 Å². The van der Waals surface area contributed by atoms with Crippen molar-refractivity contribution in [2.75, 3.05) is 0 Å². The Balaban J connectivity index is 2.47. The lowest BCUT2D eigenvalue weighted by Crippen LogP contribution is -2.10. The number of halogens is 1. The monoisotopic (exact) mass is 309 g/mol. The third-order valence-corrected chi connectivity index (χ3v) is 4.60. The lowest BCUT2D eigenvalue weighted by atomic mass is 9.98. The van der Waals surface area contributed by atoms with E-state index in [4.69, 9.17) is 11.6 Å². The first-order chi connectivity index (χ1) is 9.20. The number of hydrogen-bond donors (Lipinski definition) is 0. The summed E-state index contributed by atoms with van der Waals surface area (Å²) in [4.78, 5) is 13.6. The molecule has 0 aromatic carbocycles. The second-order valence-corrected chi connectivity index (χ2v) is 7.50. The van der Waals surface area contributed by atoms with Crippen molar-refractivity contribution in [3.63, 3.8) is 0 Å². The van der Waals surface area contributed by atoms with Crippen molar-refractivity contribution in [1.29, 1.82) is 0 Å². The number of hydrogen-bond acceptors (Lipinski definition) is 4. The maximum atomic E-state index is 6.30. The van der Waals surface area contributed by atoms with Gasteiger partial charge < -0.3 is 0 Å². The number of rotatable bonds is 2. The molecule has 0 radical (unpaired) electrons. The molecule has 2 rings (SSSR count). The molecule has 0 saturated carbocycles. The average molecular weight is 310 g/mol. The molecule has 0 bridgehead atoms. The summed E-state index contributed by atoms with van der Waals surface area (Å²) in [6, 6.07) is 0. The molecule has 2 aromatic heterocycles. The Labute approximate surface area is 129 Å². The van der Waals surface area contributed by atoms with Gasteiger partial charge in [-0.1, -0.05) is 46.2 Å². The zero-order valence-electron chi connectivity index (χ0n) is 12.8. The zero-order chi connectivity index (χ0) is 15.1. The number of thiazole rings is 1. The zero-order valence-corrected chi connectivity index (χ0v) is 14.4. The van der Waals surface area contributed by atoms with Gasteiger partial charge in [0.2, 0.25) is 0 Å². The van der Waals surface area contributed by atoms with Crippen molar-refractivity contribution in [3.8, 4) is 11.5 Å². The molecule has 0 N–H and O–H groups in total. The number of aryl methyl sites for hydroxylation is 1. The predicted octanol–water partition coefficient (Wildman–Crippen LogP) is 4.98. The first-order valence-electron chi connectivity index (χ1n) is 6.70. The predicted molar refractivity (Wildman–Crippen MR) is 85.7 cm³/mol. The Bertz CT molecular complexity index is 603. The van der Waals surface area contributed by atoms with Gasteiger partial charge in [0.05, 0.1) is 5.01 Å². The van der Waals surface area contributed by atoms with Crippen LogP contribution in [0.4, 0.5) is 0 Å². The van der Waals surface area contributed by atoms with Crippen LogP contribution < -0.4 is 0 Å². The van der Waals surface area contributed by atoms with E-state index in [-0.39, 0.29) is 5.41 Å². The summed E-state index contributed by atoms with van der Waals surface area (Å²) in [7, 11) is 0. The standard InChI is InChI=1S/C15H20ClN3S/c1-8(2)11-9(3)17-13(19-12(11)16)10-7-20-14(18-10)15(4,5)6/h7-8H,1-6H3. The second-order valence-electron chi connectivity index (χ2n) is 6.28. The van der Waals surface area contributed by atoms with Gasteiger partial charge in [-0.2, -0.15) is 0 Å². The van der Waals surface area contributed by atoms with E-state index in [1.54, 1.807) is 11.3 Å². The van der Waals surface area contributed by atoms with Gasteiger partial charge in [0.1, 0.15) is 10.8 Å². The smallest absolute Gasteiger partial charge is 0.180 e. The van der Waals surface area contributed by atoms with Crippen LogP contribution in [-0.2, 0) is 5.41 Å². The molecule has 3 nitrogen and oxygen atoms in total. The summed E-state index contributed by atoms with van der Waals surface area (Å²) in [5, 5.41) is 3.62. The molecule has 20 heavy (non-hydrogen) atoms. The number of nitrogens with zero attached hydrogens (tertiary/aromatic N) is 3. The highest BCUT2D eigenvalue weighted by Crippen LogP contribution is 2.31. The van der Waals surface area contributed by atoms with Gasteiger partial charge in [-0.3, -0.25) is 0 Å². The van der Waals surface area contributed by atoms with Gasteiger partial charge in [0.15, 0.2) is 5.82 Å². The van der Waals surface area contributed by atoms with E-state index >= 15 is 0 Å². The van der Waals surface area contributed by atoms with Crippen LogP contribution in [0.25, 0.3) is 11.5 Å². The van der Waals surface area contributed by atoms with Crippen LogP contribution in [0.2, 0.25) is 5.15 Å². The minimum Gasteiger partial charge on any atom is -0.237 e. The summed E-state index contributed by atoms with van der Waals surface area (Å²) < 4.78 is 0. The van der Waals surface area contributed by atoms with Crippen molar-refractivity contribution in [1.82, 2.24) is 15.0 Å². The van der Waals surface area contributed by atoms with E-state index in [0.29, 0.717) is 16.9 Å². The van der Waals surface area contributed by atoms with Crippen LogP contribution in [-0.4, -0.2) is 15.0 Å². The highest BCUT2D eigenvalue weighted by Gasteiger charge is 2.20. The fourth-order valence-corrected chi connectivity index (χ4v) is 3.36. The molecule has 2 aromatic rings. The molecule has 0 aliphatic carbocycles. The van der Waals surface area contributed by atoms with Crippen LogP contribution in [0.5, 0.6) is 0 Å². The molecule has 0 aliphatic heterocycles. The fraction of sp³-hybridized carbons (Fsp3) is 0.533. The summed E-state index contributed by atoms with van der Waals surface area (Å²) in [6.07, 6.45) is 0. The van der Waals surface area contributed by atoms with Crippen molar-refractivity contribution in [2.45, 2.75) is 52.9 Å². The Morgan fingerprint density at radius 3 is 2.25 bits per heavy atom. The Kier molecular flexibility index (Phi) is 4.17. The Morgan fingerprint density at radius 2 is 1.80 bits per heavy atom. The first kappa shape index (κ1) is 15.4. The third kappa shape index (κ3) is 3.01. The summed E-state index contributed by atoms with van der Waals surface area (Å²) in [5.74, 6) is 0.931. The highest BCUT2D eigenvalue weighted by atomic mass is 35.5. The van der Waals surface area contributed by atoms with Crippen LogP contribution in [0, 0.1) is 6.92 Å². The summed E-state index contributed by atoms with van der Waals surface area (Å²) >= 11 is 7.94. The molecule has 0 spiro atoms. The van der Waals surface area contributed by atoms with E-state index in [1.165, 1.54) is 0 Å². The molecule has 2 heterocycles. The van der Waals surface area contributed by atoms with E-state index in [0.717, 1.165) is 22.0 Å². The van der Waals surface area contributed by atoms with Gasteiger partial charge >= 0.3 is 0 Å². The van der Waals surface area contributed by atoms with Crippen LogP contribution in [0.15, 0.2) is 5.38 Å². The average Bonchev–Trinajstić information content (AvgIpc) is 2.75. The van der Waals surface area contributed by atoms with Crippen LogP contribution >= 0.6 is 22.9 Å². The van der Waals surface area contributed by atoms with Gasteiger partial charge in [-0.05, 0) is 12.8 Å². The molecule has 0 saturated heterocycles. The minimum atomic E-state index is 0.0413. The van der Waals surface area contributed by atoms with Crippen molar-refractivity contribution in [3.05, 3.63) is 26.8 Å².